The highest BCUT2D eigenvalue weighted by Gasteiger charge is 2.13. The SMILES string of the molecule is C=C/C(=C\N(C)C)c1ccc2cnc(NCCCc3ccc4c(c3)CCN(C)C4)cc2c1.[HH]. The van der Waals surface area contributed by atoms with E-state index in [1.54, 1.807) is 0 Å². The second kappa shape index (κ2) is 10.0. The average molecular weight is 429 g/mol. The number of benzene rings is 2. The van der Waals surface area contributed by atoms with Crippen molar-refractivity contribution in [2.75, 3.05) is 39.5 Å². The Morgan fingerprint density at radius 1 is 1.16 bits per heavy atom. The normalized spacial score (nSPS) is 14.3. The largest absolute Gasteiger partial charge is 0.383 e. The standard InChI is InChI=1S/C28H34N4.H2/c1-5-22(19-31(2)3)23-10-11-25-18-30-28(17-27(25)16-23)29-13-6-7-21-8-9-26-20-32(4)14-12-24(26)15-21;/h5,8-11,15-19H,1,6-7,12-14,20H2,2-4H3,(H,29,30);1H/b22-19+;. The topological polar surface area (TPSA) is 31.4 Å². The van der Waals surface area contributed by atoms with Gasteiger partial charge in [0.15, 0.2) is 0 Å². The molecule has 4 rings (SSSR count). The first kappa shape index (κ1) is 22.1. The van der Waals surface area contributed by atoms with E-state index in [1.165, 1.54) is 22.1 Å². The maximum Gasteiger partial charge on any atom is 0.126 e. The van der Waals surface area contributed by atoms with Crippen LogP contribution in [0.15, 0.2) is 67.5 Å². The van der Waals surface area contributed by atoms with Crippen molar-refractivity contribution in [1.29, 1.82) is 0 Å². The van der Waals surface area contributed by atoms with Gasteiger partial charge in [0.25, 0.3) is 0 Å². The predicted molar refractivity (Wildman–Crippen MR) is 139 cm³/mol. The molecule has 168 valence electrons. The predicted octanol–water partition coefficient (Wildman–Crippen LogP) is 5.60. The van der Waals surface area contributed by atoms with Crippen LogP contribution in [0.5, 0.6) is 0 Å². The van der Waals surface area contributed by atoms with Crippen molar-refractivity contribution in [3.63, 3.8) is 0 Å². The van der Waals surface area contributed by atoms with Crippen molar-refractivity contribution in [3.8, 4) is 0 Å². The van der Waals surface area contributed by atoms with Gasteiger partial charge in [-0.15, -0.1) is 0 Å². The Hall–Kier alpha value is -3.11. The van der Waals surface area contributed by atoms with Gasteiger partial charge in [-0.1, -0.05) is 43.0 Å². The first-order chi connectivity index (χ1) is 15.5. The molecule has 0 bridgehead atoms. The Bertz CT molecular complexity index is 1140. The number of hydrogen-bond donors (Lipinski definition) is 1. The van der Waals surface area contributed by atoms with Crippen LogP contribution in [0.25, 0.3) is 16.3 Å². The van der Waals surface area contributed by atoms with Gasteiger partial charge >= 0.3 is 0 Å². The monoisotopic (exact) mass is 428 g/mol. The quantitative estimate of drug-likeness (QED) is 0.374. The zero-order valence-corrected chi connectivity index (χ0v) is 19.6. The number of anilines is 1. The van der Waals surface area contributed by atoms with Crippen molar-refractivity contribution < 1.29 is 1.43 Å². The highest BCUT2D eigenvalue weighted by atomic mass is 15.1. The van der Waals surface area contributed by atoms with Crippen molar-refractivity contribution in [1.82, 2.24) is 14.8 Å². The van der Waals surface area contributed by atoms with Crippen LogP contribution in [-0.2, 0) is 19.4 Å². The summed E-state index contributed by atoms with van der Waals surface area (Å²) in [5, 5.41) is 5.84. The summed E-state index contributed by atoms with van der Waals surface area (Å²) in [5.41, 5.74) is 6.73. The number of aryl methyl sites for hydroxylation is 1. The maximum atomic E-state index is 4.60. The van der Waals surface area contributed by atoms with Crippen LogP contribution in [0.1, 0.15) is 30.1 Å². The number of fused-ring (bicyclic) bond motifs is 2. The molecule has 2 heterocycles. The molecule has 4 nitrogen and oxygen atoms in total. The minimum absolute atomic E-state index is 0. The second-order valence-electron chi connectivity index (χ2n) is 9.00. The number of likely N-dealkylation sites (N-methyl/N-ethyl adjacent to an activating group) is 1. The summed E-state index contributed by atoms with van der Waals surface area (Å²) in [6, 6.07) is 15.6. The van der Waals surface area contributed by atoms with Crippen LogP contribution in [0.2, 0.25) is 0 Å². The first-order valence-corrected chi connectivity index (χ1v) is 11.5. The smallest absolute Gasteiger partial charge is 0.126 e. The Kier molecular flexibility index (Phi) is 6.91. The summed E-state index contributed by atoms with van der Waals surface area (Å²) in [7, 11) is 6.25. The number of allylic oxidation sites excluding steroid dienone is 2. The summed E-state index contributed by atoms with van der Waals surface area (Å²) >= 11 is 0. The summed E-state index contributed by atoms with van der Waals surface area (Å²) in [6.07, 6.45) is 9.29. The summed E-state index contributed by atoms with van der Waals surface area (Å²) in [4.78, 5) is 9.03. The van der Waals surface area contributed by atoms with E-state index in [0.29, 0.717) is 0 Å². The lowest BCUT2D eigenvalue weighted by Gasteiger charge is -2.25. The molecule has 1 aliphatic heterocycles. The molecule has 1 N–H and O–H groups in total. The van der Waals surface area contributed by atoms with E-state index in [1.807, 2.05) is 31.3 Å². The van der Waals surface area contributed by atoms with E-state index in [4.69, 9.17) is 0 Å². The molecule has 3 aromatic rings. The second-order valence-corrected chi connectivity index (χ2v) is 9.00. The van der Waals surface area contributed by atoms with Gasteiger partial charge in [0.1, 0.15) is 5.82 Å². The Morgan fingerprint density at radius 2 is 2.03 bits per heavy atom. The lowest BCUT2D eigenvalue weighted by atomic mass is 9.96. The number of hydrogen-bond acceptors (Lipinski definition) is 4. The van der Waals surface area contributed by atoms with Gasteiger partial charge in [-0.25, -0.2) is 4.98 Å². The van der Waals surface area contributed by atoms with Gasteiger partial charge in [-0.05, 0) is 71.7 Å². The Morgan fingerprint density at radius 3 is 2.84 bits per heavy atom. The minimum atomic E-state index is 0. The van der Waals surface area contributed by atoms with Crippen molar-refractivity contribution in [2.24, 2.45) is 0 Å². The summed E-state index contributed by atoms with van der Waals surface area (Å²) < 4.78 is 0. The van der Waals surface area contributed by atoms with E-state index in [-0.39, 0.29) is 1.43 Å². The van der Waals surface area contributed by atoms with Gasteiger partial charge in [0.2, 0.25) is 0 Å². The molecule has 0 saturated heterocycles. The van der Waals surface area contributed by atoms with E-state index in [2.05, 4.69) is 77.5 Å². The first-order valence-electron chi connectivity index (χ1n) is 11.5. The van der Waals surface area contributed by atoms with Crippen LogP contribution < -0.4 is 5.32 Å². The van der Waals surface area contributed by atoms with Crippen LogP contribution in [0.4, 0.5) is 5.82 Å². The highest BCUT2D eigenvalue weighted by Crippen LogP contribution is 2.24. The van der Waals surface area contributed by atoms with Gasteiger partial charge in [0.05, 0.1) is 0 Å². The van der Waals surface area contributed by atoms with E-state index < -0.39 is 0 Å². The number of rotatable bonds is 8. The average Bonchev–Trinajstić information content (AvgIpc) is 2.79. The van der Waals surface area contributed by atoms with Crippen LogP contribution in [-0.4, -0.2) is 49.0 Å². The number of aromatic nitrogens is 1. The minimum Gasteiger partial charge on any atom is -0.383 e. The van der Waals surface area contributed by atoms with E-state index in [0.717, 1.165) is 61.2 Å². The number of nitrogens with zero attached hydrogens (tertiary/aromatic N) is 3. The molecular formula is C28H36N4. The molecule has 0 fully saturated rings. The van der Waals surface area contributed by atoms with Crippen molar-refractivity contribution >= 4 is 22.2 Å². The molecule has 0 amide bonds. The molecule has 0 aliphatic carbocycles. The van der Waals surface area contributed by atoms with E-state index >= 15 is 0 Å². The zero-order valence-electron chi connectivity index (χ0n) is 19.6. The third-order valence-electron chi connectivity index (χ3n) is 6.09. The molecule has 4 heteroatoms. The fourth-order valence-electron chi connectivity index (χ4n) is 4.35. The summed E-state index contributed by atoms with van der Waals surface area (Å²) in [5.74, 6) is 0.930. The Labute approximate surface area is 193 Å². The molecule has 2 aromatic carbocycles. The van der Waals surface area contributed by atoms with Gasteiger partial charge in [-0.2, -0.15) is 0 Å². The molecule has 1 aliphatic rings. The summed E-state index contributed by atoms with van der Waals surface area (Å²) in [6.45, 7) is 7.12. The van der Waals surface area contributed by atoms with Gasteiger partial charge in [-0.3, -0.25) is 0 Å². The van der Waals surface area contributed by atoms with Crippen LogP contribution in [0, 0.1) is 0 Å². The maximum absolute atomic E-state index is 4.60. The fourth-order valence-corrected chi connectivity index (χ4v) is 4.35. The Balaban J connectivity index is 0.00000306. The molecule has 1 aromatic heterocycles. The molecule has 0 saturated carbocycles. The third kappa shape index (κ3) is 5.38. The van der Waals surface area contributed by atoms with Gasteiger partial charge in [0, 0.05) is 52.9 Å². The van der Waals surface area contributed by atoms with Crippen LogP contribution >= 0.6 is 0 Å². The van der Waals surface area contributed by atoms with Crippen LogP contribution in [0.3, 0.4) is 0 Å². The molecular weight excluding hydrogens is 392 g/mol. The van der Waals surface area contributed by atoms with Crippen molar-refractivity contribution in [3.05, 3.63) is 89.8 Å². The lowest BCUT2D eigenvalue weighted by molar-refractivity contribution is 0.313. The molecule has 32 heavy (non-hydrogen) atoms. The molecule has 0 radical (unpaired) electrons. The molecule has 0 atom stereocenters. The van der Waals surface area contributed by atoms with E-state index in [9.17, 15) is 0 Å². The lowest BCUT2D eigenvalue weighted by Crippen LogP contribution is -2.26. The third-order valence-corrected chi connectivity index (χ3v) is 6.09. The number of pyridine rings is 1. The van der Waals surface area contributed by atoms with Crippen molar-refractivity contribution in [2.45, 2.75) is 25.8 Å². The van der Waals surface area contributed by atoms with Gasteiger partial charge < -0.3 is 15.1 Å². The number of nitrogens with one attached hydrogen (secondary N) is 1. The highest BCUT2D eigenvalue weighted by molar-refractivity contribution is 5.88. The molecule has 0 unspecified atom stereocenters. The fraction of sp³-hybridized carbons (Fsp3) is 0.321. The molecule has 0 spiro atoms. The zero-order chi connectivity index (χ0) is 22.5.